The number of benzene rings is 1. The molecule has 1 aliphatic carbocycles. The number of amides is 1. The van der Waals surface area contributed by atoms with E-state index in [-0.39, 0.29) is 41.8 Å². The molecular weight excluding hydrogens is 418 g/mol. The van der Waals surface area contributed by atoms with Crippen LogP contribution in [0.15, 0.2) is 23.1 Å². The minimum atomic E-state index is -1.32. The van der Waals surface area contributed by atoms with Crippen molar-refractivity contribution in [3.05, 3.63) is 57.0 Å². The highest BCUT2D eigenvalue weighted by molar-refractivity contribution is 6.12. The van der Waals surface area contributed by atoms with Crippen molar-refractivity contribution in [3.63, 3.8) is 0 Å². The summed E-state index contributed by atoms with van der Waals surface area (Å²) in [5.74, 6) is -2.24. The summed E-state index contributed by atoms with van der Waals surface area (Å²) in [4.78, 5) is 39.0. The minimum absolute atomic E-state index is 0.00236. The highest BCUT2D eigenvalue weighted by Crippen LogP contribution is 2.51. The number of ether oxygens (including phenoxy) is 1. The van der Waals surface area contributed by atoms with E-state index in [9.17, 15) is 14.4 Å². The fourth-order valence-corrected chi connectivity index (χ4v) is 4.42. The number of rotatable bonds is 6. The molecule has 6 nitrogen and oxygen atoms in total. The van der Waals surface area contributed by atoms with Crippen LogP contribution in [0.25, 0.3) is 0 Å². The first-order valence-corrected chi connectivity index (χ1v) is 10.7. The summed E-state index contributed by atoms with van der Waals surface area (Å²) >= 11 is 0. The predicted molar refractivity (Wildman–Crippen MR) is 115 cm³/mol. The molecule has 4 rings (SSSR count). The highest BCUT2D eigenvalue weighted by Gasteiger charge is 2.50. The molecule has 1 fully saturated rings. The molecule has 0 unspecified atom stereocenters. The average molecular weight is 444 g/mol. The third kappa shape index (κ3) is 3.51. The fourth-order valence-electron chi connectivity index (χ4n) is 4.42. The van der Waals surface area contributed by atoms with Crippen LogP contribution in [-0.4, -0.2) is 23.6 Å². The lowest BCUT2D eigenvalue weighted by Crippen LogP contribution is -2.37. The Morgan fingerprint density at radius 1 is 1.22 bits per heavy atom. The van der Waals surface area contributed by atoms with Gasteiger partial charge in [-0.2, -0.15) is 0 Å². The second-order valence-corrected chi connectivity index (χ2v) is 9.11. The van der Waals surface area contributed by atoms with Gasteiger partial charge in [0.1, 0.15) is 17.3 Å². The van der Waals surface area contributed by atoms with Gasteiger partial charge in [-0.3, -0.25) is 19.3 Å². The lowest BCUT2D eigenvalue weighted by molar-refractivity contribution is -0.140. The van der Waals surface area contributed by atoms with Crippen LogP contribution in [-0.2, 0) is 26.3 Å². The molecule has 170 valence electrons. The molecule has 1 saturated carbocycles. The first-order chi connectivity index (χ1) is 15.1. The Hall–Kier alpha value is -3.03. The fraction of sp³-hybridized carbons (Fsp3) is 0.458. The van der Waals surface area contributed by atoms with E-state index in [1.165, 1.54) is 17.7 Å². The van der Waals surface area contributed by atoms with Crippen LogP contribution < -0.4 is 10.5 Å². The zero-order valence-corrected chi connectivity index (χ0v) is 18.6. The number of carbonyl (C=O) groups excluding carboxylic acids is 2. The zero-order chi connectivity index (χ0) is 23.4. The van der Waals surface area contributed by atoms with Gasteiger partial charge in [0.2, 0.25) is 5.91 Å². The number of methoxy groups -OCH3 is 1. The molecule has 1 aromatic carbocycles. The zero-order valence-electron chi connectivity index (χ0n) is 18.6. The number of anilines is 2. The molecule has 0 spiro atoms. The lowest BCUT2D eigenvalue weighted by atomic mass is 9.84. The summed E-state index contributed by atoms with van der Waals surface area (Å²) in [5, 5.41) is 0. The summed E-state index contributed by atoms with van der Waals surface area (Å²) in [7, 11) is 1.29. The summed E-state index contributed by atoms with van der Waals surface area (Å²) < 4.78 is 36.8. The van der Waals surface area contributed by atoms with E-state index in [2.05, 4.69) is 4.74 Å². The van der Waals surface area contributed by atoms with Crippen LogP contribution in [0.5, 0.6) is 0 Å². The van der Waals surface area contributed by atoms with Crippen LogP contribution >= 0.6 is 0 Å². The molecule has 1 amide bonds. The number of hydrogen-bond acceptors (Lipinski definition) is 4. The van der Waals surface area contributed by atoms with Gasteiger partial charge in [-0.25, -0.2) is 8.78 Å². The van der Waals surface area contributed by atoms with E-state index < -0.39 is 28.5 Å². The summed E-state index contributed by atoms with van der Waals surface area (Å²) in [6.07, 6.45) is 3.69. The van der Waals surface area contributed by atoms with Gasteiger partial charge in [-0.05, 0) is 69.2 Å². The monoisotopic (exact) mass is 444 g/mol. The SMILES string of the molecule is COC(=O)CCCn1cc(C)cc(N2C(=O)C(C)(C)c3c(F)c(C4CC4)cc(F)c32)c1=O. The molecule has 2 heterocycles. The molecule has 8 heteroatoms. The number of pyridine rings is 1. The highest BCUT2D eigenvalue weighted by atomic mass is 19.1. The molecule has 32 heavy (non-hydrogen) atoms. The van der Waals surface area contributed by atoms with Gasteiger partial charge in [-0.15, -0.1) is 0 Å². The van der Waals surface area contributed by atoms with Crippen LogP contribution in [0.1, 0.15) is 62.1 Å². The van der Waals surface area contributed by atoms with Gasteiger partial charge in [0.05, 0.1) is 18.2 Å². The van der Waals surface area contributed by atoms with Crippen molar-refractivity contribution in [2.75, 3.05) is 12.0 Å². The van der Waals surface area contributed by atoms with Crippen LogP contribution in [0, 0.1) is 18.6 Å². The quantitative estimate of drug-likeness (QED) is 0.626. The Balaban J connectivity index is 1.82. The smallest absolute Gasteiger partial charge is 0.305 e. The molecule has 1 aromatic heterocycles. The number of halogens is 2. The number of esters is 1. The first-order valence-electron chi connectivity index (χ1n) is 10.7. The van der Waals surface area contributed by atoms with E-state index in [0.717, 1.165) is 23.8 Å². The maximum Gasteiger partial charge on any atom is 0.305 e. The summed E-state index contributed by atoms with van der Waals surface area (Å²) in [6, 6.07) is 2.67. The van der Waals surface area contributed by atoms with Gasteiger partial charge in [-0.1, -0.05) is 0 Å². The topological polar surface area (TPSA) is 68.6 Å². The van der Waals surface area contributed by atoms with Crippen molar-refractivity contribution < 1.29 is 23.1 Å². The normalized spacial score (nSPS) is 16.9. The van der Waals surface area contributed by atoms with Crippen LogP contribution in [0.4, 0.5) is 20.2 Å². The third-order valence-electron chi connectivity index (χ3n) is 6.27. The van der Waals surface area contributed by atoms with Crippen molar-refractivity contribution >= 4 is 23.3 Å². The van der Waals surface area contributed by atoms with E-state index in [0.29, 0.717) is 17.5 Å². The maximum absolute atomic E-state index is 15.5. The van der Waals surface area contributed by atoms with Crippen molar-refractivity contribution in [2.45, 2.75) is 64.3 Å². The third-order valence-corrected chi connectivity index (χ3v) is 6.27. The molecule has 0 radical (unpaired) electrons. The predicted octanol–water partition coefficient (Wildman–Crippen LogP) is 4.22. The number of nitrogens with zero attached hydrogens (tertiary/aromatic N) is 2. The number of hydrogen-bond donors (Lipinski definition) is 0. The maximum atomic E-state index is 15.5. The van der Waals surface area contributed by atoms with E-state index in [1.54, 1.807) is 27.0 Å². The number of carbonyl (C=O) groups is 2. The van der Waals surface area contributed by atoms with E-state index in [1.807, 2.05) is 0 Å². The summed E-state index contributed by atoms with van der Waals surface area (Å²) in [5.41, 5.74) is -1.08. The van der Waals surface area contributed by atoms with Crippen LogP contribution in [0.3, 0.4) is 0 Å². The second-order valence-electron chi connectivity index (χ2n) is 9.11. The minimum Gasteiger partial charge on any atom is -0.469 e. The Labute approximate surface area is 184 Å². The lowest BCUT2D eigenvalue weighted by Gasteiger charge is -2.21. The van der Waals surface area contributed by atoms with Crippen molar-refractivity contribution in [1.29, 1.82) is 0 Å². The van der Waals surface area contributed by atoms with Crippen molar-refractivity contribution in [1.82, 2.24) is 4.57 Å². The average Bonchev–Trinajstić information content (AvgIpc) is 3.54. The van der Waals surface area contributed by atoms with Gasteiger partial charge < -0.3 is 9.30 Å². The van der Waals surface area contributed by atoms with E-state index >= 15 is 8.78 Å². The van der Waals surface area contributed by atoms with Gasteiger partial charge in [0, 0.05) is 24.7 Å². The Bertz CT molecular complexity index is 1180. The van der Waals surface area contributed by atoms with Crippen LogP contribution in [0.2, 0.25) is 0 Å². The van der Waals surface area contributed by atoms with Crippen molar-refractivity contribution in [2.24, 2.45) is 0 Å². The Morgan fingerprint density at radius 3 is 2.53 bits per heavy atom. The number of aryl methyl sites for hydroxylation is 2. The summed E-state index contributed by atoms with van der Waals surface area (Å²) in [6.45, 7) is 5.08. The van der Waals surface area contributed by atoms with Gasteiger partial charge >= 0.3 is 5.97 Å². The van der Waals surface area contributed by atoms with Gasteiger partial charge in [0.25, 0.3) is 5.56 Å². The second kappa shape index (κ2) is 7.83. The largest absolute Gasteiger partial charge is 0.469 e. The molecule has 2 aromatic rings. The van der Waals surface area contributed by atoms with E-state index in [4.69, 9.17) is 0 Å². The molecule has 2 aliphatic rings. The first kappa shape index (κ1) is 22.2. The molecule has 1 aliphatic heterocycles. The Morgan fingerprint density at radius 2 is 1.91 bits per heavy atom. The molecule has 0 saturated heterocycles. The molecule has 0 N–H and O–H groups in total. The number of fused-ring (bicyclic) bond motifs is 1. The van der Waals surface area contributed by atoms with Crippen molar-refractivity contribution in [3.8, 4) is 0 Å². The van der Waals surface area contributed by atoms with Gasteiger partial charge in [0.15, 0.2) is 0 Å². The molecule has 0 bridgehead atoms. The Kier molecular flexibility index (Phi) is 5.43. The molecular formula is C24H26F2N2O4. The number of aromatic nitrogens is 1. The standard InChI is InChI=1S/C24H26F2N2O4/c1-13-10-17(22(30)27(12-13)9-5-6-18(29)32-4)28-21-16(25)11-15(14-7-8-14)20(26)19(21)24(2,3)23(28)31/h10-12,14H,5-9H2,1-4H3. The molecule has 0 atom stereocenters.